The number of anilines is 2. The van der Waals surface area contributed by atoms with Crippen LogP contribution in [0.4, 0.5) is 11.5 Å². The van der Waals surface area contributed by atoms with E-state index >= 15 is 0 Å². The van der Waals surface area contributed by atoms with Gasteiger partial charge in [0.2, 0.25) is 5.91 Å². The van der Waals surface area contributed by atoms with E-state index < -0.39 is 6.04 Å². The summed E-state index contributed by atoms with van der Waals surface area (Å²) < 4.78 is 12.3. The first-order valence-electron chi connectivity index (χ1n) is 10.6. The summed E-state index contributed by atoms with van der Waals surface area (Å²) in [6.45, 7) is 4.50. The molecule has 4 rings (SSSR count). The summed E-state index contributed by atoms with van der Waals surface area (Å²) in [5.74, 6) is 1.60. The Balaban J connectivity index is 1.54. The third-order valence-corrected chi connectivity index (χ3v) is 5.36. The second kappa shape index (κ2) is 9.13. The maximum absolute atomic E-state index is 12.7. The van der Waals surface area contributed by atoms with Crippen molar-refractivity contribution in [3.8, 4) is 22.6 Å². The monoisotopic (exact) mass is 434 g/mol. The molecular formula is C24H26N4O4. The molecule has 0 aliphatic carbocycles. The molecule has 1 aromatic heterocycles. The molecule has 3 aromatic rings. The number of aromatic nitrogens is 2. The van der Waals surface area contributed by atoms with E-state index in [4.69, 9.17) is 9.47 Å². The molecule has 8 heteroatoms. The van der Waals surface area contributed by atoms with E-state index in [2.05, 4.69) is 15.7 Å². The molecule has 2 amide bonds. The molecule has 0 radical (unpaired) electrons. The van der Waals surface area contributed by atoms with Gasteiger partial charge in [0.25, 0.3) is 5.91 Å². The van der Waals surface area contributed by atoms with Crippen LogP contribution in [0.1, 0.15) is 32.0 Å². The molecule has 1 aliphatic rings. The number of nitrogens with zero attached hydrogens (tertiary/aromatic N) is 2. The lowest BCUT2D eigenvalue weighted by Crippen LogP contribution is -2.23. The summed E-state index contributed by atoms with van der Waals surface area (Å²) in [7, 11) is 1.62. The lowest BCUT2D eigenvalue weighted by atomic mass is 10.0. The van der Waals surface area contributed by atoms with Gasteiger partial charge in [-0.3, -0.25) is 9.59 Å². The number of nitrogens with one attached hydrogen (secondary N) is 2. The Morgan fingerprint density at radius 1 is 1.09 bits per heavy atom. The van der Waals surface area contributed by atoms with Gasteiger partial charge >= 0.3 is 0 Å². The zero-order valence-electron chi connectivity index (χ0n) is 18.3. The van der Waals surface area contributed by atoms with E-state index in [1.807, 2.05) is 38.1 Å². The third-order valence-electron chi connectivity index (χ3n) is 5.36. The van der Waals surface area contributed by atoms with Crippen LogP contribution in [0.2, 0.25) is 0 Å². The molecule has 0 bridgehead atoms. The zero-order chi connectivity index (χ0) is 22.7. The molecular weight excluding hydrogens is 408 g/mol. The Morgan fingerprint density at radius 3 is 2.41 bits per heavy atom. The van der Waals surface area contributed by atoms with Gasteiger partial charge < -0.3 is 20.1 Å². The molecule has 166 valence electrons. The number of rotatable bonds is 8. The van der Waals surface area contributed by atoms with Crippen molar-refractivity contribution in [2.45, 2.75) is 32.7 Å². The van der Waals surface area contributed by atoms with Crippen LogP contribution in [0.15, 0.2) is 48.5 Å². The van der Waals surface area contributed by atoms with Gasteiger partial charge in [-0.2, -0.15) is 5.10 Å². The first-order chi connectivity index (χ1) is 15.5. The van der Waals surface area contributed by atoms with E-state index in [1.54, 1.807) is 36.1 Å². The van der Waals surface area contributed by atoms with Gasteiger partial charge in [-0.05, 0) is 55.3 Å². The molecule has 0 saturated heterocycles. The standard InChI is InChI=1S/C24H26N4O4/c1-4-19-22(15-6-10-17(31-3)11-7-15)23-26-24(30)20(28(23)27-19)14-21(29)25-16-8-12-18(13-9-16)32-5-2/h6-13,20H,4-5,14H2,1-3H3,(H,25,29)(H,26,30). The van der Waals surface area contributed by atoms with E-state index in [0.29, 0.717) is 24.5 Å². The van der Waals surface area contributed by atoms with E-state index in [1.165, 1.54) is 0 Å². The van der Waals surface area contributed by atoms with Crippen LogP contribution in [-0.2, 0) is 16.0 Å². The number of amides is 2. The molecule has 32 heavy (non-hydrogen) atoms. The fourth-order valence-corrected chi connectivity index (χ4v) is 3.81. The number of hydrogen-bond donors (Lipinski definition) is 2. The number of benzene rings is 2. The minimum atomic E-state index is -0.704. The zero-order valence-corrected chi connectivity index (χ0v) is 18.3. The molecule has 1 atom stereocenters. The molecule has 1 aliphatic heterocycles. The van der Waals surface area contributed by atoms with Crippen LogP contribution in [0.5, 0.6) is 11.5 Å². The molecule has 0 saturated carbocycles. The number of fused-ring (bicyclic) bond motifs is 1. The van der Waals surface area contributed by atoms with Crippen LogP contribution in [-0.4, -0.2) is 35.3 Å². The van der Waals surface area contributed by atoms with Crippen LogP contribution in [0, 0.1) is 0 Å². The van der Waals surface area contributed by atoms with Crippen LogP contribution in [0.25, 0.3) is 11.1 Å². The van der Waals surface area contributed by atoms with E-state index in [0.717, 1.165) is 28.3 Å². The minimum Gasteiger partial charge on any atom is -0.497 e. The number of ether oxygens (including phenoxy) is 2. The van der Waals surface area contributed by atoms with Crippen molar-refractivity contribution in [1.29, 1.82) is 0 Å². The topological polar surface area (TPSA) is 94.5 Å². The van der Waals surface area contributed by atoms with Gasteiger partial charge in [0.05, 0.1) is 25.8 Å². The van der Waals surface area contributed by atoms with Gasteiger partial charge in [0.1, 0.15) is 23.4 Å². The number of carbonyl (C=O) groups is 2. The van der Waals surface area contributed by atoms with Crippen molar-refractivity contribution >= 4 is 23.3 Å². The number of methoxy groups -OCH3 is 1. The highest BCUT2D eigenvalue weighted by Crippen LogP contribution is 2.39. The van der Waals surface area contributed by atoms with Crippen LogP contribution < -0.4 is 20.1 Å². The Morgan fingerprint density at radius 2 is 1.78 bits per heavy atom. The fraction of sp³-hybridized carbons (Fsp3) is 0.292. The van der Waals surface area contributed by atoms with Crippen molar-refractivity contribution in [2.75, 3.05) is 24.4 Å². The predicted octanol–water partition coefficient (Wildman–Crippen LogP) is 4.04. The van der Waals surface area contributed by atoms with Crippen LogP contribution in [0.3, 0.4) is 0 Å². The highest BCUT2D eigenvalue weighted by Gasteiger charge is 2.36. The summed E-state index contributed by atoms with van der Waals surface area (Å²) in [6, 6.07) is 14.0. The van der Waals surface area contributed by atoms with Gasteiger partial charge in [0, 0.05) is 11.3 Å². The Hall–Kier alpha value is -3.81. The normalized spacial score (nSPS) is 14.6. The SMILES string of the molecule is CCOc1ccc(NC(=O)CC2C(=O)Nc3c(-c4ccc(OC)cc4)c(CC)nn32)cc1. The maximum Gasteiger partial charge on any atom is 0.251 e. The lowest BCUT2D eigenvalue weighted by molar-refractivity contribution is -0.123. The van der Waals surface area contributed by atoms with Crippen molar-refractivity contribution in [1.82, 2.24) is 9.78 Å². The molecule has 2 aromatic carbocycles. The predicted molar refractivity (Wildman–Crippen MR) is 122 cm³/mol. The summed E-state index contributed by atoms with van der Waals surface area (Å²) in [4.78, 5) is 25.4. The lowest BCUT2D eigenvalue weighted by Gasteiger charge is -2.11. The van der Waals surface area contributed by atoms with Gasteiger partial charge in [0.15, 0.2) is 0 Å². The highest BCUT2D eigenvalue weighted by atomic mass is 16.5. The molecule has 1 unspecified atom stereocenters. The third kappa shape index (κ3) is 4.16. The Kier molecular flexibility index (Phi) is 6.11. The Bertz CT molecular complexity index is 1120. The van der Waals surface area contributed by atoms with E-state index in [9.17, 15) is 9.59 Å². The van der Waals surface area contributed by atoms with Gasteiger partial charge in [-0.15, -0.1) is 0 Å². The quantitative estimate of drug-likeness (QED) is 0.558. The van der Waals surface area contributed by atoms with Crippen LogP contribution >= 0.6 is 0 Å². The smallest absolute Gasteiger partial charge is 0.251 e. The summed E-state index contributed by atoms with van der Waals surface area (Å²) in [5, 5.41) is 10.4. The van der Waals surface area contributed by atoms with Gasteiger partial charge in [-0.1, -0.05) is 19.1 Å². The second-order valence-corrected chi connectivity index (χ2v) is 7.41. The first-order valence-corrected chi connectivity index (χ1v) is 10.6. The van der Waals surface area contributed by atoms with Gasteiger partial charge in [-0.25, -0.2) is 4.68 Å². The largest absolute Gasteiger partial charge is 0.497 e. The van der Waals surface area contributed by atoms with E-state index in [-0.39, 0.29) is 18.2 Å². The average Bonchev–Trinajstić information content (AvgIpc) is 3.30. The highest BCUT2D eigenvalue weighted by molar-refractivity contribution is 6.04. The minimum absolute atomic E-state index is 0.0149. The number of aryl methyl sites for hydroxylation is 1. The maximum atomic E-state index is 12.7. The molecule has 8 nitrogen and oxygen atoms in total. The first kappa shape index (κ1) is 21.4. The average molecular weight is 434 g/mol. The molecule has 0 spiro atoms. The number of carbonyl (C=O) groups excluding carboxylic acids is 2. The second-order valence-electron chi connectivity index (χ2n) is 7.41. The fourth-order valence-electron chi connectivity index (χ4n) is 3.81. The van der Waals surface area contributed by atoms with Crippen molar-refractivity contribution in [3.05, 3.63) is 54.2 Å². The Labute approximate surface area is 186 Å². The molecule has 2 N–H and O–H groups in total. The molecule has 0 fully saturated rings. The number of hydrogen-bond acceptors (Lipinski definition) is 5. The summed E-state index contributed by atoms with van der Waals surface area (Å²) in [5.41, 5.74) is 3.31. The molecule has 2 heterocycles. The van der Waals surface area contributed by atoms with Crippen molar-refractivity contribution in [2.24, 2.45) is 0 Å². The summed E-state index contributed by atoms with van der Waals surface area (Å²) >= 11 is 0. The summed E-state index contributed by atoms with van der Waals surface area (Å²) in [6.07, 6.45) is 0.682. The van der Waals surface area contributed by atoms with Crippen molar-refractivity contribution in [3.63, 3.8) is 0 Å². The van der Waals surface area contributed by atoms with Crippen molar-refractivity contribution < 1.29 is 19.1 Å².